The molecule has 2 aromatic rings. The number of rotatable bonds is 12. The van der Waals surface area contributed by atoms with Crippen molar-refractivity contribution in [1.82, 2.24) is 26.6 Å². The molecule has 1 aliphatic heterocycles. The molecule has 2 aliphatic rings. The highest BCUT2D eigenvalue weighted by atomic mass is 16.4. The maximum absolute atomic E-state index is 13.1. The Hall–Kier alpha value is -5.17. The van der Waals surface area contributed by atoms with E-state index in [1.807, 2.05) is 37.3 Å². The van der Waals surface area contributed by atoms with Gasteiger partial charge in [0.2, 0.25) is 29.4 Å². The Kier molecular flexibility index (Phi) is 23.7. The summed E-state index contributed by atoms with van der Waals surface area (Å²) in [5.41, 5.74) is 2.38. The van der Waals surface area contributed by atoms with Gasteiger partial charge in [-0.05, 0) is 49.4 Å². The van der Waals surface area contributed by atoms with Gasteiger partial charge in [0.1, 0.15) is 6.04 Å². The summed E-state index contributed by atoms with van der Waals surface area (Å²) in [6, 6.07) is 13.4. The van der Waals surface area contributed by atoms with Gasteiger partial charge in [0, 0.05) is 12.8 Å². The third kappa shape index (κ3) is 19.9. The van der Waals surface area contributed by atoms with Crippen LogP contribution in [-0.4, -0.2) is 79.0 Å². The van der Waals surface area contributed by atoms with Crippen molar-refractivity contribution in [2.45, 2.75) is 121 Å². The van der Waals surface area contributed by atoms with Gasteiger partial charge in [0.15, 0.2) is 12.3 Å². The van der Waals surface area contributed by atoms with Crippen molar-refractivity contribution in [3.63, 3.8) is 0 Å². The van der Waals surface area contributed by atoms with Gasteiger partial charge in [-0.3, -0.25) is 28.8 Å². The lowest BCUT2D eigenvalue weighted by molar-refractivity contribution is -0.141. The lowest BCUT2D eigenvalue weighted by Crippen LogP contribution is -2.54. The number of fused-ring (bicyclic) bond motifs is 2. The number of aliphatic carboxylic acids is 1. The van der Waals surface area contributed by atoms with Crippen molar-refractivity contribution in [1.29, 1.82) is 0 Å². The van der Waals surface area contributed by atoms with Crippen LogP contribution in [0.2, 0.25) is 0 Å². The number of carboxylic acids is 1. The molecule has 2 aromatic carbocycles. The molecule has 3 atom stereocenters. The number of aldehydes is 1. The highest BCUT2D eigenvalue weighted by Crippen LogP contribution is 2.16. The molecule has 0 saturated heterocycles. The number of benzene rings is 2. The Morgan fingerprint density at radius 2 is 1.55 bits per heavy atom. The van der Waals surface area contributed by atoms with Gasteiger partial charge < -0.3 is 31.7 Å². The molecule has 1 heterocycles. The van der Waals surface area contributed by atoms with E-state index in [9.17, 15) is 33.6 Å². The minimum Gasteiger partial charge on any atom is -0.479 e. The molecule has 56 heavy (non-hydrogen) atoms. The summed E-state index contributed by atoms with van der Waals surface area (Å²) >= 11 is 0. The number of ketones is 1. The van der Waals surface area contributed by atoms with E-state index >= 15 is 0 Å². The van der Waals surface area contributed by atoms with Gasteiger partial charge in [0.25, 0.3) is 0 Å². The molecule has 1 saturated carbocycles. The number of allylic oxidation sites excluding steroid dienone is 1. The predicted octanol–water partition coefficient (Wildman–Crippen LogP) is 4.74. The van der Waals surface area contributed by atoms with E-state index in [0.717, 1.165) is 43.2 Å². The molecule has 1 aliphatic carbocycles. The molecule has 2 bridgehead atoms. The second-order valence-corrected chi connectivity index (χ2v) is 14.0. The average molecular weight is 776 g/mol. The zero-order valence-electron chi connectivity index (χ0n) is 33.0. The van der Waals surface area contributed by atoms with Crippen molar-refractivity contribution >= 4 is 47.7 Å². The van der Waals surface area contributed by atoms with Crippen LogP contribution in [0.25, 0.3) is 6.08 Å². The summed E-state index contributed by atoms with van der Waals surface area (Å²) in [6.07, 6.45) is 19.2. The normalized spacial score (nSPS) is 17.9. The van der Waals surface area contributed by atoms with Crippen molar-refractivity contribution in [2.75, 3.05) is 20.1 Å². The third-order valence-electron chi connectivity index (χ3n) is 9.22. The first-order valence-corrected chi connectivity index (χ1v) is 19.9. The maximum atomic E-state index is 13.1. The number of carboxylic acid groups (broad SMARTS) is 1. The van der Waals surface area contributed by atoms with E-state index in [2.05, 4.69) is 32.7 Å². The fourth-order valence-electron chi connectivity index (χ4n) is 6.14. The fourth-order valence-corrected chi connectivity index (χ4v) is 6.14. The third-order valence-corrected chi connectivity index (χ3v) is 9.22. The predicted molar refractivity (Wildman–Crippen MR) is 216 cm³/mol. The standard InChI is InChI=1S/C26H35N3O5.C11H14N2O3.C6H12/c1-2-3-13-21(23(31)18-30)29-26(34)22-16-20-12-9-11-19(15-20)10-7-5-4-6-8-14-24(32)27-17-25(33)28-22;1-12-7-9(14)13-10(11(15)16)8-5-3-2-4-6-8;1-2-4-6-5-3-1/h7,9-12,15,18,21-22H,2-6,8,13-14,16-17H2,1H3,(H,27,32)(H,28,33)(H,29,34);2-6,10,12H,7H2,1H3,(H,13,14)(H,15,16);1-6H2/b10-7-;;. The zero-order valence-corrected chi connectivity index (χ0v) is 33.0. The molecule has 0 spiro atoms. The van der Waals surface area contributed by atoms with Crippen LogP contribution in [0.1, 0.15) is 120 Å². The SMILES string of the molecule is C1CCCCC1.CCCCC(NC(=O)C1Cc2cccc(c2)/C=C\CCCCCC(=O)NCC(=O)N1)C(=O)C=O.CNCC(=O)NC(C(=O)O)c1ccccc1. The lowest BCUT2D eigenvalue weighted by atomic mass is 10.0. The molecule has 0 aromatic heterocycles. The van der Waals surface area contributed by atoms with Crippen LogP contribution in [0.4, 0.5) is 0 Å². The summed E-state index contributed by atoms with van der Waals surface area (Å²) in [5, 5.41) is 22.0. The lowest BCUT2D eigenvalue weighted by Gasteiger charge is -2.22. The Morgan fingerprint density at radius 3 is 2.18 bits per heavy atom. The molecule has 306 valence electrons. The van der Waals surface area contributed by atoms with E-state index in [1.54, 1.807) is 37.4 Å². The first-order chi connectivity index (χ1) is 27.1. The van der Waals surface area contributed by atoms with Crippen molar-refractivity contribution in [3.8, 4) is 0 Å². The highest BCUT2D eigenvalue weighted by molar-refractivity contribution is 6.28. The van der Waals surface area contributed by atoms with Crippen molar-refractivity contribution in [3.05, 3.63) is 77.4 Å². The fraction of sp³-hybridized carbons (Fsp3) is 0.512. The maximum Gasteiger partial charge on any atom is 0.330 e. The number of hydrogen-bond donors (Lipinski definition) is 6. The van der Waals surface area contributed by atoms with E-state index in [4.69, 9.17) is 5.11 Å². The van der Waals surface area contributed by atoms with Gasteiger partial charge in [0.05, 0.1) is 19.1 Å². The number of Topliss-reactive ketones (excluding diaryl/α,β-unsaturated/α-hetero) is 1. The molecule has 4 rings (SSSR count). The highest BCUT2D eigenvalue weighted by Gasteiger charge is 2.27. The largest absolute Gasteiger partial charge is 0.479 e. The zero-order chi connectivity index (χ0) is 41.0. The minimum atomic E-state index is -1.07. The number of unbranched alkanes of at least 4 members (excludes halogenated alkanes) is 1. The number of likely N-dealkylation sites (N-methyl/N-ethyl adjacent to an activating group) is 1. The van der Waals surface area contributed by atoms with Crippen LogP contribution in [0, 0.1) is 0 Å². The number of nitrogens with one attached hydrogen (secondary N) is 5. The molecule has 13 nitrogen and oxygen atoms in total. The monoisotopic (exact) mass is 775 g/mol. The smallest absolute Gasteiger partial charge is 0.330 e. The van der Waals surface area contributed by atoms with E-state index in [-0.39, 0.29) is 37.6 Å². The Balaban J connectivity index is 0.000000401. The second-order valence-electron chi connectivity index (χ2n) is 14.0. The Morgan fingerprint density at radius 1 is 0.875 bits per heavy atom. The van der Waals surface area contributed by atoms with Gasteiger partial charge in [-0.15, -0.1) is 0 Å². The molecule has 1 fully saturated rings. The quantitative estimate of drug-likeness (QED) is 0.130. The summed E-state index contributed by atoms with van der Waals surface area (Å²) in [6.45, 7) is 1.80. The number of amides is 4. The minimum absolute atomic E-state index is 0.0939. The Bertz CT molecular complexity index is 1550. The average Bonchev–Trinajstić information content (AvgIpc) is 3.21. The summed E-state index contributed by atoms with van der Waals surface area (Å²) < 4.78 is 0. The van der Waals surface area contributed by atoms with Gasteiger partial charge in [-0.25, -0.2) is 4.79 Å². The van der Waals surface area contributed by atoms with Gasteiger partial charge in [-0.1, -0.05) is 131 Å². The second kappa shape index (κ2) is 28.3. The van der Waals surface area contributed by atoms with Crippen LogP contribution in [0.5, 0.6) is 0 Å². The summed E-state index contributed by atoms with van der Waals surface area (Å²) in [5.74, 6) is -3.37. The number of hydrogen-bond acceptors (Lipinski definition) is 8. The van der Waals surface area contributed by atoms with Crippen LogP contribution < -0.4 is 26.6 Å². The van der Waals surface area contributed by atoms with Crippen LogP contribution in [-0.2, 0) is 40.0 Å². The van der Waals surface area contributed by atoms with E-state index < -0.39 is 41.7 Å². The number of carbonyl (C=O) groups is 7. The molecule has 13 heteroatoms. The van der Waals surface area contributed by atoms with Gasteiger partial charge >= 0.3 is 5.97 Å². The van der Waals surface area contributed by atoms with Gasteiger partial charge in [-0.2, -0.15) is 0 Å². The first kappa shape index (κ1) is 47.0. The molecule has 4 amide bonds. The van der Waals surface area contributed by atoms with Crippen LogP contribution >= 0.6 is 0 Å². The van der Waals surface area contributed by atoms with E-state index in [0.29, 0.717) is 24.8 Å². The molecular formula is C43H61N5O8. The van der Waals surface area contributed by atoms with Crippen molar-refractivity contribution in [2.24, 2.45) is 0 Å². The topological polar surface area (TPSA) is 200 Å². The molecule has 0 radical (unpaired) electrons. The molecule has 6 N–H and O–H groups in total. The van der Waals surface area contributed by atoms with Crippen LogP contribution in [0.3, 0.4) is 0 Å². The molecular weight excluding hydrogens is 714 g/mol. The van der Waals surface area contributed by atoms with Crippen molar-refractivity contribution < 1.29 is 38.7 Å². The van der Waals surface area contributed by atoms with Crippen LogP contribution in [0.15, 0.2) is 60.7 Å². The number of carbonyl (C=O) groups excluding carboxylic acids is 6. The Labute approximate surface area is 331 Å². The first-order valence-electron chi connectivity index (χ1n) is 19.9. The summed E-state index contributed by atoms with van der Waals surface area (Å²) in [4.78, 5) is 83.0. The summed E-state index contributed by atoms with van der Waals surface area (Å²) in [7, 11) is 1.62. The molecule has 3 unspecified atom stereocenters. The van der Waals surface area contributed by atoms with E-state index in [1.165, 1.54) is 38.5 Å².